The molecule has 25 heavy (non-hydrogen) atoms. The smallest absolute Gasteiger partial charge is 0.348 e. The fourth-order valence-electron chi connectivity index (χ4n) is 2.40. The minimum Gasteiger partial charge on any atom is -0.348 e. The SMILES string of the molecule is Cc1c(C(=O)NCc2cccc(F)c2)cnc2sc(C(F)(F)F)cc12. The number of fused-ring (bicyclic) bond motifs is 1. The van der Waals surface area contributed by atoms with Crippen LogP contribution in [-0.2, 0) is 12.7 Å². The highest BCUT2D eigenvalue weighted by molar-refractivity contribution is 7.18. The van der Waals surface area contributed by atoms with Crippen molar-refractivity contribution in [2.24, 2.45) is 0 Å². The highest BCUT2D eigenvalue weighted by atomic mass is 32.1. The molecule has 0 aliphatic carbocycles. The number of nitrogens with zero attached hydrogens (tertiary/aromatic N) is 1. The number of hydrogen-bond acceptors (Lipinski definition) is 3. The van der Waals surface area contributed by atoms with Crippen molar-refractivity contribution in [3.05, 3.63) is 63.9 Å². The molecule has 0 bridgehead atoms. The molecule has 1 aromatic carbocycles. The van der Waals surface area contributed by atoms with Gasteiger partial charge in [-0.3, -0.25) is 4.79 Å². The Labute approximate surface area is 144 Å². The van der Waals surface area contributed by atoms with E-state index in [4.69, 9.17) is 0 Å². The summed E-state index contributed by atoms with van der Waals surface area (Å²) in [7, 11) is 0. The maximum absolute atomic E-state index is 13.1. The first-order chi connectivity index (χ1) is 11.8. The summed E-state index contributed by atoms with van der Waals surface area (Å²) in [6.07, 6.45) is -3.19. The maximum Gasteiger partial charge on any atom is 0.425 e. The molecule has 0 unspecified atom stereocenters. The molecule has 3 rings (SSSR count). The van der Waals surface area contributed by atoms with Gasteiger partial charge >= 0.3 is 6.18 Å². The molecule has 130 valence electrons. The highest BCUT2D eigenvalue weighted by Crippen LogP contribution is 2.38. The molecule has 0 saturated heterocycles. The van der Waals surface area contributed by atoms with E-state index in [1.54, 1.807) is 13.0 Å². The zero-order chi connectivity index (χ0) is 18.2. The first-order valence-electron chi connectivity index (χ1n) is 7.24. The van der Waals surface area contributed by atoms with Crippen LogP contribution in [0.4, 0.5) is 17.6 Å². The second kappa shape index (κ2) is 6.44. The van der Waals surface area contributed by atoms with Gasteiger partial charge in [-0.05, 0) is 36.2 Å². The van der Waals surface area contributed by atoms with Gasteiger partial charge in [-0.2, -0.15) is 13.2 Å². The van der Waals surface area contributed by atoms with Crippen molar-refractivity contribution >= 4 is 27.5 Å². The molecule has 2 aromatic heterocycles. The fourth-order valence-corrected chi connectivity index (χ4v) is 3.33. The Balaban J connectivity index is 1.85. The van der Waals surface area contributed by atoms with Crippen LogP contribution in [0.1, 0.15) is 26.4 Å². The van der Waals surface area contributed by atoms with Gasteiger partial charge in [-0.25, -0.2) is 9.37 Å². The highest BCUT2D eigenvalue weighted by Gasteiger charge is 2.33. The number of carbonyl (C=O) groups is 1. The molecule has 0 aliphatic rings. The lowest BCUT2D eigenvalue weighted by Gasteiger charge is -2.08. The van der Waals surface area contributed by atoms with Crippen molar-refractivity contribution in [3.63, 3.8) is 0 Å². The van der Waals surface area contributed by atoms with Crippen LogP contribution in [0.2, 0.25) is 0 Å². The Hall–Kier alpha value is -2.48. The normalized spacial score (nSPS) is 11.7. The largest absolute Gasteiger partial charge is 0.425 e. The third-order valence-electron chi connectivity index (χ3n) is 3.70. The van der Waals surface area contributed by atoms with Crippen LogP contribution >= 0.6 is 11.3 Å². The van der Waals surface area contributed by atoms with Crippen LogP contribution in [0.15, 0.2) is 36.5 Å². The minimum absolute atomic E-state index is 0.103. The lowest BCUT2D eigenvalue weighted by molar-refractivity contribution is -0.134. The number of alkyl halides is 3. The number of carbonyl (C=O) groups excluding carboxylic acids is 1. The van der Waals surface area contributed by atoms with Gasteiger partial charge in [-0.15, -0.1) is 11.3 Å². The third kappa shape index (κ3) is 3.63. The van der Waals surface area contributed by atoms with Gasteiger partial charge in [0.25, 0.3) is 5.91 Å². The molecule has 1 N–H and O–H groups in total. The molecule has 1 amide bonds. The number of thiophene rings is 1. The molecule has 0 spiro atoms. The van der Waals surface area contributed by atoms with Crippen molar-refractivity contribution in [1.29, 1.82) is 0 Å². The van der Waals surface area contributed by atoms with Crippen molar-refractivity contribution in [1.82, 2.24) is 10.3 Å². The van der Waals surface area contributed by atoms with Gasteiger partial charge in [0.1, 0.15) is 15.5 Å². The van der Waals surface area contributed by atoms with Crippen molar-refractivity contribution < 1.29 is 22.4 Å². The van der Waals surface area contributed by atoms with Crippen molar-refractivity contribution in [2.45, 2.75) is 19.6 Å². The van der Waals surface area contributed by atoms with Crippen LogP contribution < -0.4 is 5.32 Å². The predicted octanol–water partition coefficient (Wildman–Crippen LogP) is 4.69. The van der Waals surface area contributed by atoms with Gasteiger partial charge in [0.05, 0.1) is 5.56 Å². The zero-order valence-corrected chi connectivity index (χ0v) is 13.8. The second-order valence-corrected chi connectivity index (χ2v) is 6.47. The number of rotatable bonds is 3. The molecule has 0 aliphatic heterocycles. The standard InChI is InChI=1S/C17H12F4N2OS/c1-9-12-6-14(17(19,20)21)25-16(12)23-8-13(9)15(24)22-7-10-3-2-4-11(18)5-10/h2-6,8H,7H2,1H3,(H,22,24). The Kier molecular flexibility index (Phi) is 4.47. The number of halogens is 4. The Morgan fingerprint density at radius 1 is 1.28 bits per heavy atom. The van der Waals surface area contributed by atoms with Gasteiger partial charge in [0.2, 0.25) is 0 Å². The molecular weight excluding hydrogens is 356 g/mol. The van der Waals surface area contributed by atoms with E-state index in [0.717, 1.165) is 6.07 Å². The number of pyridine rings is 1. The van der Waals surface area contributed by atoms with Crippen molar-refractivity contribution in [3.8, 4) is 0 Å². The van der Waals surface area contributed by atoms with E-state index in [2.05, 4.69) is 10.3 Å². The number of hydrogen-bond donors (Lipinski definition) is 1. The maximum atomic E-state index is 13.1. The van der Waals surface area contributed by atoms with E-state index in [9.17, 15) is 22.4 Å². The van der Waals surface area contributed by atoms with Crippen LogP contribution in [0.5, 0.6) is 0 Å². The summed E-state index contributed by atoms with van der Waals surface area (Å²) in [4.78, 5) is 15.7. The quantitative estimate of drug-likeness (QED) is 0.682. The lowest BCUT2D eigenvalue weighted by Crippen LogP contribution is -2.23. The summed E-state index contributed by atoms with van der Waals surface area (Å²) >= 11 is 0.541. The summed E-state index contributed by atoms with van der Waals surface area (Å²) in [6.45, 7) is 1.68. The average Bonchev–Trinajstić information content (AvgIpc) is 2.98. The zero-order valence-electron chi connectivity index (χ0n) is 12.9. The van der Waals surface area contributed by atoms with E-state index in [1.165, 1.54) is 24.4 Å². The van der Waals surface area contributed by atoms with E-state index < -0.39 is 22.8 Å². The fraction of sp³-hybridized carbons (Fsp3) is 0.176. The van der Waals surface area contributed by atoms with Gasteiger partial charge in [0.15, 0.2) is 0 Å². The van der Waals surface area contributed by atoms with Gasteiger partial charge in [0, 0.05) is 18.1 Å². The monoisotopic (exact) mass is 368 g/mol. The molecule has 0 saturated carbocycles. The summed E-state index contributed by atoms with van der Waals surface area (Å²) < 4.78 is 51.6. The number of aryl methyl sites for hydroxylation is 1. The molecule has 0 radical (unpaired) electrons. The van der Waals surface area contributed by atoms with Crippen molar-refractivity contribution in [2.75, 3.05) is 0 Å². The van der Waals surface area contributed by atoms with E-state index >= 15 is 0 Å². The van der Waals surface area contributed by atoms with E-state index in [1.807, 2.05) is 0 Å². The number of benzene rings is 1. The second-order valence-electron chi connectivity index (χ2n) is 5.44. The predicted molar refractivity (Wildman–Crippen MR) is 86.9 cm³/mol. The van der Waals surface area contributed by atoms with E-state index in [0.29, 0.717) is 27.8 Å². The summed E-state index contributed by atoms with van der Waals surface area (Å²) in [6, 6.07) is 6.78. The Morgan fingerprint density at radius 2 is 2.04 bits per heavy atom. The molecule has 0 fully saturated rings. The van der Waals surface area contributed by atoms with Crippen LogP contribution in [0.3, 0.4) is 0 Å². The van der Waals surface area contributed by atoms with E-state index in [-0.39, 0.29) is 16.9 Å². The Bertz CT molecular complexity index is 949. The molecule has 8 heteroatoms. The first kappa shape index (κ1) is 17.3. The molecule has 3 nitrogen and oxygen atoms in total. The van der Waals surface area contributed by atoms with Gasteiger partial charge in [-0.1, -0.05) is 12.1 Å². The molecule has 2 heterocycles. The molecule has 0 atom stereocenters. The summed E-state index contributed by atoms with van der Waals surface area (Å²) in [5.41, 5.74) is 1.19. The molecular formula is C17H12F4N2OS. The Morgan fingerprint density at radius 3 is 2.72 bits per heavy atom. The number of aromatic nitrogens is 1. The third-order valence-corrected chi connectivity index (χ3v) is 4.79. The molecule has 3 aromatic rings. The lowest BCUT2D eigenvalue weighted by atomic mass is 10.1. The van der Waals surface area contributed by atoms with Gasteiger partial charge < -0.3 is 5.32 Å². The summed E-state index contributed by atoms with van der Waals surface area (Å²) in [5.74, 6) is -0.889. The van der Waals surface area contributed by atoms with Crippen LogP contribution in [0, 0.1) is 12.7 Å². The number of nitrogens with one attached hydrogen (secondary N) is 1. The first-order valence-corrected chi connectivity index (χ1v) is 8.06. The van der Waals surface area contributed by atoms with Crippen LogP contribution in [0.25, 0.3) is 10.2 Å². The van der Waals surface area contributed by atoms with Crippen LogP contribution in [-0.4, -0.2) is 10.9 Å². The summed E-state index contributed by atoms with van der Waals surface area (Å²) in [5, 5.41) is 2.92. The minimum atomic E-state index is -4.45. The topological polar surface area (TPSA) is 42.0 Å². The number of amides is 1. The average molecular weight is 368 g/mol.